The first kappa shape index (κ1) is 53.2. The Bertz CT molecular complexity index is 1000. The van der Waals surface area contributed by atoms with Gasteiger partial charge >= 0.3 is 19.8 Å². The van der Waals surface area contributed by atoms with E-state index in [1.54, 1.807) is 0 Å². The largest absolute Gasteiger partial charge is 0.472 e. The Kier molecular flexibility index (Phi) is 40.5. The van der Waals surface area contributed by atoms with Gasteiger partial charge in [-0.15, -0.1) is 0 Å². The first-order chi connectivity index (χ1) is 26.8. The molecule has 0 aliphatic rings. The Morgan fingerprint density at radius 1 is 0.545 bits per heavy atom. The van der Waals surface area contributed by atoms with Crippen LogP contribution in [-0.2, 0) is 32.7 Å². The minimum atomic E-state index is -4.38. The van der Waals surface area contributed by atoms with E-state index in [2.05, 4.69) is 44.2 Å². The number of phosphoric acid groups is 1. The second-order valence-corrected chi connectivity index (χ2v) is 16.4. The highest BCUT2D eigenvalue weighted by molar-refractivity contribution is 7.47. The number of carbonyl (C=O) groups excluding carboxylic acids is 2. The summed E-state index contributed by atoms with van der Waals surface area (Å²) in [6.07, 6.45) is 46.1. The van der Waals surface area contributed by atoms with Gasteiger partial charge in [0.05, 0.1) is 13.2 Å². The highest BCUT2D eigenvalue weighted by atomic mass is 31.2. The molecular formula is C45H84NO8P. The first-order valence-corrected chi connectivity index (χ1v) is 24.0. The van der Waals surface area contributed by atoms with Crippen molar-refractivity contribution >= 4 is 19.8 Å². The van der Waals surface area contributed by atoms with Gasteiger partial charge in [-0.05, 0) is 57.8 Å². The van der Waals surface area contributed by atoms with Crippen molar-refractivity contribution in [3.8, 4) is 0 Å². The zero-order valence-corrected chi connectivity index (χ0v) is 36.3. The number of unbranched alkanes of at least 4 members (excludes halogenated alkanes) is 23. The van der Waals surface area contributed by atoms with Gasteiger partial charge in [-0.1, -0.05) is 172 Å². The van der Waals surface area contributed by atoms with Crippen LogP contribution in [0.3, 0.4) is 0 Å². The van der Waals surface area contributed by atoms with Gasteiger partial charge < -0.3 is 20.1 Å². The molecule has 0 aromatic rings. The molecule has 9 nitrogen and oxygen atoms in total. The standard InChI is InChI=1S/C45H84NO8P/c1-3-5-7-9-11-13-15-17-19-20-21-22-24-26-28-30-32-34-36-38-45(48)54-43(42-53-55(49,50)52-40-39-46)41-51-44(47)37-35-33-31-29-27-25-23-18-16-14-12-10-8-6-4-2/h11,13,17,19,31,33,43H,3-10,12,14-16,18,20-30,32,34-42,46H2,1-2H3,(H,49,50)/b13-11+,19-17+,33-31+/t43-/m1/s1. The van der Waals surface area contributed by atoms with Crippen LogP contribution >= 0.6 is 7.82 Å². The SMILES string of the molecule is CCCCC/C=C/C/C=C/CCCCCCCCCCCC(=O)O[C@H](COC(=O)CC/C=C/CCCCCCCCCCCCC)COP(=O)(O)OCCN. The molecule has 0 bridgehead atoms. The van der Waals surface area contributed by atoms with Crippen molar-refractivity contribution in [3.63, 3.8) is 0 Å². The third kappa shape index (κ3) is 41.7. The molecule has 3 N–H and O–H groups in total. The van der Waals surface area contributed by atoms with Crippen molar-refractivity contribution in [1.29, 1.82) is 0 Å². The van der Waals surface area contributed by atoms with Crippen molar-refractivity contribution in [1.82, 2.24) is 0 Å². The highest BCUT2D eigenvalue weighted by Crippen LogP contribution is 2.43. The van der Waals surface area contributed by atoms with Gasteiger partial charge in [-0.3, -0.25) is 18.6 Å². The van der Waals surface area contributed by atoms with Crippen LogP contribution in [0.5, 0.6) is 0 Å². The van der Waals surface area contributed by atoms with E-state index < -0.39 is 32.5 Å². The van der Waals surface area contributed by atoms with E-state index in [9.17, 15) is 19.0 Å². The second-order valence-electron chi connectivity index (χ2n) is 14.9. The van der Waals surface area contributed by atoms with Crippen LogP contribution in [0.15, 0.2) is 36.5 Å². The van der Waals surface area contributed by atoms with Crippen LogP contribution in [0.25, 0.3) is 0 Å². The number of hydrogen-bond acceptors (Lipinski definition) is 8. The average molecular weight is 798 g/mol. The van der Waals surface area contributed by atoms with Crippen molar-refractivity contribution < 1.29 is 37.6 Å². The maximum Gasteiger partial charge on any atom is 0.472 e. The predicted molar refractivity (Wildman–Crippen MR) is 229 cm³/mol. The Morgan fingerprint density at radius 2 is 0.982 bits per heavy atom. The molecule has 322 valence electrons. The summed E-state index contributed by atoms with van der Waals surface area (Å²) in [6.45, 7) is 3.67. The normalized spacial score (nSPS) is 13.6. The quantitative estimate of drug-likeness (QED) is 0.0268. The fraction of sp³-hybridized carbons (Fsp3) is 0.822. The van der Waals surface area contributed by atoms with E-state index in [0.29, 0.717) is 12.8 Å². The Balaban J connectivity index is 4.16. The molecule has 0 aliphatic carbocycles. The van der Waals surface area contributed by atoms with Crippen molar-refractivity contribution in [2.45, 2.75) is 213 Å². The van der Waals surface area contributed by atoms with E-state index in [4.69, 9.17) is 24.3 Å². The van der Waals surface area contributed by atoms with Crippen molar-refractivity contribution in [2.24, 2.45) is 5.73 Å². The summed E-state index contributed by atoms with van der Waals surface area (Å²) in [5, 5.41) is 0. The summed E-state index contributed by atoms with van der Waals surface area (Å²) >= 11 is 0. The Labute approximate surface area is 337 Å². The summed E-state index contributed by atoms with van der Waals surface area (Å²) in [7, 11) is -4.38. The summed E-state index contributed by atoms with van der Waals surface area (Å²) in [5.41, 5.74) is 5.35. The zero-order valence-electron chi connectivity index (χ0n) is 35.4. The van der Waals surface area contributed by atoms with Crippen LogP contribution in [0.4, 0.5) is 0 Å². The molecule has 0 aromatic heterocycles. The molecule has 10 heteroatoms. The Hall–Kier alpha value is -1.77. The molecule has 0 amide bonds. The van der Waals surface area contributed by atoms with E-state index in [1.165, 1.54) is 122 Å². The minimum Gasteiger partial charge on any atom is -0.462 e. The molecule has 0 fully saturated rings. The summed E-state index contributed by atoms with van der Waals surface area (Å²) in [6, 6.07) is 0. The molecule has 1 unspecified atom stereocenters. The number of nitrogens with two attached hydrogens (primary N) is 1. The predicted octanol–water partition coefficient (Wildman–Crippen LogP) is 12.9. The average Bonchev–Trinajstić information content (AvgIpc) is 3.17. The Morgan fingerprint density at radius 3 is 1.51 bits per heavy atom. The third-order valence-electron chi connectivity index (χ3n) is 9.51. The molecule has 0 rings (SSSR count). The van der Waals surface area contributed by atoms with Crippen LogP contribution in [0.2, 0.25) is 0 Å². The van der Waals surface area contributed by atoms with Gasteiger partial charge in [0.15, 0.2) is 6.10 Å². The maximum absolute atomic E-state index is 12.6. The minimum absolute atomic E-state index is 0.0489. The van der Waals surface area contributed by atoms with E-state index in [-0.39, 0.29) is 32.6 Å². The lowest BCUT2D eigenvalue weighted by molar-refractivity contribution is -0.161. The molecule has 0 radical (unpaired) electrons. The molecule has 0 saturated heterocycles. The number of allylic oxidation sites excluding steroid dienone is 6. The van der Waals surface area contributed by atoms with Crippen LogP contribution in [0, 0.1) is 0 Å². The molecule has 0 saturated carbocycles. The fourth-order valence-corrected chi connectivity index (χ4v) is 6.92. The summed E-state index contributed by atoms with van der Waals surface area (Å²) in [5.74, 6) is -0.886. The highest BCUT2D eigenvalue weighted by Gasteiger charge is 2.25. The molecule has 0 aliphatic heterocycles. The number of esters is 2. The topological polar surface area (TPSA) is 134 Å². The molecule has 0 heterocycles. The van der Waals surface area contributed by atoms with Gasteiger partial charge in [-0.25, -0.2) is 4.57 Å². The molecular weight excluding hydrogens is 713 g/mol. The van der Waals surface area contributed by atoms with Gasteiger partial charge in [0.1, 0.15) is 6.61 Å². The zero-order chi connectivity index (χ0) is 40.3. The number of phosphoric ester groups is 1. The molecule has 0 aromatic carbocycles. The lowest BCUT2D eigenvalue weighted by Crippen LogP contribution is -2.29. The van der Waals surface area contributed by atoms with Gasteiger partial charge in [0.25, 0.3) is 0 Å². The first-order valence-electron chi connectivity index (χ1n) is 22.5. The van der Waals surface area contributed by atoms with Crippen molar-refractivity contribution in [2.75, 3.05) is 26.4 Å². The van der Waals surface area contributed by atoms with E-state index in [1.807, 2.05) is 6.08 Å². The van der Waals surface area contributed by atoms with Gasteiger partial charge in [0, 0.05) is 19.4 Å². The van der Waals surface area contributed by atoms with Crippen LogP contribution in [-0.4, -0.2) is 49.3 Å². The number of carbonyl (C=O) groups is 2. The molecule has 2 atom stereocenters. The lowest BCUT2D eigenvalue weighted by Gasteiger charge is -2.19. The van der Waals surface area contributed by atoms with E-state index in [0.717, 1.165) is 44.9 Å². The summed E-state index contributed by atoms with van der Waals surface area (Å²) in [4.78, 5) is 34.9. The second kappa shape index (κ2) is 41.9. The smallest absolute Gasteiger partial charge is 0.462 e. The monoisotopic (exact) mass is 798 g/mol. The number of ether oxygens (including phenoxy) is 2. The maximum atomic E-state index is 12.6. The fourth-order valence-electron chi connectivity index (χ4n) is 6.15. The molecule has 0 spiro atoms. The number of rotatable bonds is 42. The van der Waals surface area contributed by atoms with Gasteiger partial charge in [0.2, 0.25) is 0 Å². The van der Waals surface area contributed by atoms with Gasteiger partial charge in [-0.2, -0.15) is 0 Å². The third-order valence-corrected chi connectivity index (χ3v) is 10.5. The van der Waals surface area contributed by atoms with E-state index >= 15 is 0 Å². The molecule has 55 heavy (non-hydrogen) atoms. The van der Waals surface area contributed by atoms with Crippen molar-refractivity contribution in [3.05, 3.63) is 36.5 Å². The lowest BCUT2D eigenvalue weighted by atomic mass is 10.1. The van der Waals surface area contributed by atoms with Crippen LogP contribution < -0.4 is 5.73 Å². The number of hydrogen-bond donors (Lipinski definition) is 2. The van der Waals surface area contributed by atoms with Crippen LogP contribution in [0.1, 0.15) is 206 Å². The summed E-state index contributed by atoms with van der Waals surface area (Å²) < 4.78 is 32.7.